The van der Waals surface area contributed by atoms with Crippen molar-refractivity contribution in [1.82, 2.24) is 15.0 Å². The molecule has 0 radical (unpaired) electrons. The van der Waals surface area contributed by atoms with Crippen molar-refractivity contribution in [3.63, 3.8) is 0 Å². The molecule has 0 amide bonds. The second-order valence-corrected chi connectivity index (χ2v) is 14.0. The van der Waals surface area contributed by atoms with E-state index in [9.17, 15) is 4.57 Å². The van der Waals surface area contributed by atoms with Crippen molar-refractivity contribution in [2.75, 3.05) is 0 Å². The van der Waals surface area contributed by atoms with E-state index in [0.29, 0.717) is 5.82 Å². The Hall–Kier alpha value is -5.70. The van der Waals surface area contributed by atoms with Gasteiger partial charge in [0.2, 0.25) is 0 Å². The summed E-state index contributed by atoms with van der Waals surface area (Å²) in [5.74, 6) is 0.637. The van der Waals surface area contributed by atoms with Gasteiger partial charge in [0, 0.05) is 61.8 Å². The average Bonchev–Trinajstić information content (AvgIpc) is 3.15. The number of hydrogen-bond donors (Lipinski definition) is 0. The van der Waals surface area contributed by atoms with Gasteiger partial charge in [-0.25, -0.2) is 9.97 Å². The van der Waals surface area contributed by atoms with Gasteiger partial charge < -0.3 is 4.57 Å². The molecule has 0 aliphatic rings. The fraction of sp³-hybridized carbons (Fsp3) is 0. The summed E-state index contributed by atoms with van der Waals surface area (Å²) >= 11 is 0. The molecular weight excluding hydrogens is 581 g/mol. The minimum absolute atomic E-state index is 0.637. The predicted molar refractivity (Wildman–Crippen MR) is 191 cm³/mol. The molecule has 0 atom stereocenters. The first kappa shape index (κ1) is 27.8. The Morgan fingerprint density at radius 1 is 0.435 bits per heavy atom. The maximum Gasteiger partial charge on any atom is 0.171 e. The third kappa shape index (κ3) is 4.90. The van der Waals surface area contributed by atoms with E-state index in [4.69, 9.17) is 15.0 Å². The molecule has 8 rings (SSSR count). The zero-order valence-electron chi connectivity index (χ0n) is 24.9. The van der Waals surface area contributed by atoms with Gasteiger partial charge >= 0.3 is 0 Å². The SMILES string of the molecule is O=P(c1ccccc1)(c1ccccc1)c1ccc(-c2cnc(-c3ccc4c(c3)ncc3cccc(-c5ccccc5)c34)nc2)cc1. The first-order valence-electron chi connectivity index (χ1n) is 15.2. The van der Waals surface area contributed by atoms with Crippen LogP contribution in [0.15, 0.2) is 170 Å². The highest BCUT2D eigenvalue weighted by molar-refractivity contribution is 7.85. The summed E-state index contributed by atoms with van der Waals surface area (Å²) in [6.07, 6.45) is 5.63. The molecule has 46 heavy (non-hydrogen) atoms. The Labute approximate surface area is 267 Å². The lowest BCUT2D eigenvalue weighted by Gasteiger charge is -2.20. The van der Waals surface area contributed by atoms with Crippen LogP contribution in [0.25, 0.3) is 55.3 Å². The predicted octanol–water partition coefficient (Wildman–Crippen LogP) is 8.82. The molecule has 4 nitrogen and oxygen atoms in total. The molecule has 0 aliphatic carbocycles. The summed E-state index contributed by atoms with van der Waals surface area (Å²) in [6.45, 7) is 0. The van der Waals surface area contributed by atoms with E-state index >= 15 is 0 Å². The molecular formula is C41H28N3OP. The fourth-order valence-electron chi connectivity index (χ4n) is 6.18. The summed E-state index contributed by atoms with van der Waals surface area (Å²) in [4.78, 5) is 14.3. The Morgan fingerprint density at radius 2 is 1.02 bits per heavy atom. The maximum atomic E-state index is 14.7. The third-order valence-corrected chi connectivity index (χ3v) is 11.6. The van der Waals surface area contributed by atoms with Gasteiger partial charge in [-0.1, -0.05) is 146 Å². The molecule has 0 saturated heterocycles. The van der Waals surface area contributed by atoms with Crippen LogP contribution in [0.1, 0.15) is 0 Å². The molecule has 2 aromatic heterocycles. The van der Waals surface area contributed by atoms with E-state index in [1.54, 1.807) is 0 Å². The Bertz CT molecular complexity index is 2320. The van der Waals surface area contributed by atoms with Gasteiger partial charge in [0.25, 0.3) is 0 Å². The zero-order chi connectivity index (χ0) is 30.9. The van der Waals surface area contributed by atoms with Crippen LogP contribution in [-0.4, -0.2) is 15.0 Å². The van der Waals surface area contributed by atoms with E-state index in [0.717, 1.165) is 48.9 Å². The van der Waals surface area contributed by atoms with E-state index in [1.165, 1.54) is 16.5 Å². The van der Waals surface area contributed by atoms with E-state index in [1.807, 2.05) is 110 Å². The molecule has 218 valence electrons. The molecule has 0 N–H and O–H groups in total. The number of pyridine rings is 1. The molecule has 0 fully saturated rings. The second-order valence-electron chi connectivity index (χ2n) is 11.2. The van der Waals surface area contributed by atoms with Crippen LogP contribution in [0, 0.1) is 0 Å². The first-order valence-corrected chi connectivity index (χ1v) is 16.9. The van der Waals surface area contributed by atoms with Gasteiger partial charge in [-0.3, -0.25) is 4.98 Å². The Balaban J connectivity index is 1.11. The van der Waals surface area contributed by atoms with Gasteiger partial charge in [-0.05, 0) is 22.8 Å². The topological polar surface area (TPSA) is 55.7 Å². The maximum absolute atomic E-state index is 14.7. The Kier molecular flexibility index (Phi) is 7.05. The van der Waals surface area contributed by atoms with Crippen molar-refractivity contribution < 1.29 is 4.57 Å². The second kappa shape index (κ2) is 11.7. The summed E-state index contributed by atoms with van der Waals surface area (Å²) in [6, 6.07) is 50.4. The number of aromatic nitrogens is 3. The van der Waals surface area contributed by atoms with E-state index < -0.39 is 7.14 Å². The van der Waals surface area contributed by atoms with Crippen LogP contribution < -0.4 is 15.9 Å². The monoisotopic (exact) mass is 609 g/mol. The normalized spacial score (nSPS) is 11.6. The smallest absolute Gasteiger partial charge is 0.171 e. The largest absolute Gasteiger partial charge is 0.309 e. The highest BCUT2D eigenvalue weighted by Gasteiger charge is 2.29. The molecule has 5 heteroatoms. The quantitative estimate of drug-likeness (QED) is 0.140. The van der Waals surface area contributed by atoms with Crippen molar-refractivity contribution in [3.05, 3.63) is 170 Å². The molecule has 0 unspecified atom stereocenters. The van der Waals surface area contributed by atoms with Crippen LogP contribution in [-0.2, 0) is 4.57 Å². The molecule has 0 spiro atoms. The lowest BCUT2D eigenvalue weighted by molar-refractivity contribution is 0.592. The number of fused-ring (bicyclic) bond motifs is 3. The van der Waals surface area contributed by atoms with Crippen LogP contribution in [0.4, 0.5) is 0 Å². The third-order valence-electron chi connectivity index (χ3n) is 8.51. The molecule has 6 aromatic carbocycles. The van der Waals surface area contributed by atoms with Crippen LogP contribution >= 0.6 is 7.14 Å². The fourth-order valence-corrected chi connectivity index (χ4v) is 8.83. The van der Waals surface area contributed by atoms with Crippen molar-refractivity contribution in [3.8, 4) is 33.6 Å². The lowest BCUT2D eigenvalue weighted by atomic mass is 9.95. The molecule has 2 heterocycles. The summed E-state index contributed by atoms with van der Waals surface area (Å²) in [5.41, 5.74) is 6.03. The standard InChI is InChI=1S/C41H28N3OP/c45-46(34-14-6-2-7-15-34,35-16-8-3-9-17-35)36-22-19-29(20-23-36)33-27-43-41(44-28-33)31-21-24-38-39(25-31)42-26-32-13-10-18-37(40(32)38)30-11-4-1-5-12-30/h1-28H. The van der Waals surface area contributed by atoms with Crippen LogP contribution in [0.3, 0.4) is 0 Å². The number of benzene rings is 6. The van der Waals surface area contributed by atoms with E-state index in [-0.39, 0.29) is 0 Å². The minimum Gasteiger partial charge on any atom is -0.309 e. The number of rotatable bonds is 6. The van der Waals surface area contributed by atoms with Gasteiger partial charge in [0.15, 0.2) is 13.0 Å². The first-order chi connectivity index (χ1) is 22.7. The molecule has 8 aromatic rings. The zero-order valence-corrected chi connectivity index (χ0v) is 25.8. The van der Waals surface area contributed by atoms with Crippen LogP contribution in [0.2, 0.25) is 0 Å². The summed E-state index contributed by atoms with van der Waals surface area (Å²) < 4.78 is 14.7. The van der Waals surface area contributed by atoms with Gasteiger partial charge in [0.05, 0.1) is 5.52 Å². The van der Waals surface area contributed by atoms with Crippen molar-refractivity contribution in [1.29, 1.82) is 0 Å². The highest BCUT2D eigenvalue weighted by Crippen LogP contribution is 2.42. The van der Waals surface area contributed by atoms with Gasteiger partial charge in [-0.2, -0.15) is 0 Å². The summed E-state index contributed by atoms with van der Waals surface area (Å²) in [7, 11) is -3.03. The Morgan fingerprint density at radius 3 is 1.67 bits per heavy atom. The van der Waals surface area contributed by atoms with Crippen LogP contribution in [0.5, 0.6) is 0 Å². The van der Waals surface area contributed by atoms with Crippen molar-refractivity contribution >= 4 is 44.7 Å². The van der Waals surface area contributed by atoms with Gasteiger partial charge in [-0.15, -0.1) is 0 Å². The number of hydrogen-bond acceptors (Lipinski definition) is 4. The minimum atomic E-state index is -3.03. The number of nitrogens with zero attached hydrogens (tertiary/aromatic N) is 3. The summed E-state index contributed by atoms with van der Waals surface area (Å²) in [5, 5.41) is 5.82. The van der Waals surface area contributed by atoms with Crippen molar-refractivity contribution in [2.45, 2.75) is 0 Å². The van der Waals surface area contributed by atoms with E-state index in [2.05, 4.69) is 60.7 Å². The molecule has 0 saturated carbocycles. The molecule has 0 aliphatic heterocycles. The highest BCUT2D eigenvalue weighted by atomic mass is 31.2. The molecule has 0 bridgehead atoms. The average molecular weight is 610 g/mol. The van der Waals surface area contributed by atoms with Gasteiger partial charge in [0.1, 0.15) is 0 Å². The lowest BCUT2D eigenvalue weighted by Crippen LogP contribution is -2.24. The van der Waals surface area contributed by atoms with Crippen molar-refractivity contribution in [2.24, 2.45) is 0 Å².